The van der Waals surface area contributed by atoms with Gasteiger partial charge in [0.25, 0.3) is 0 Å². The first-order chi connectivity index (χ1) is 7.13. The molecule has 1 heterocycles. The quantitative estimate of drug-likeness (QED) is 0.779. The van der Waals surface area contributed by atoms with Gasteiger partial charge < -0.3 is 5.32 Å². The number of carbonyl (C=O) groups is 1. The third-order valence-corrected chi connectivity index (χ3v) is 3.62. The number of nitrogens with one attached hydrogen (secondary N) is 1. The summed E-state index contributed by atoms with van der Waals surface area (Å²) >= 11 is 7.17. The summed E-state index contributed by atoms with van der Waals surface area (Å²) < 4.78 is 0. The fourth-order valence-electron chi connectivity index (χ4n) is 1.16. The molecular weight excluding hydrogens is 230 g/mol. The highest BCUT2D eigenvalue weighted by molar-refractivity contribution is 7.12. The molecule has 0 radical (unpaired) electrons. The topological polar surface area (TPSA) is 29.1 Å². The van der Waals surface area contributed by atoms with Crippen molar-refractivity contribution in [2.75, 3.05) is 6.54 Å². The summed E-state index contributed by atoms with van der Waals surface area (Å²) in [5.74, 6) is 0.169. The summed E-state index contributed by atoms with van der Waals surface area (Å²) in [7, 11) is 0. The van der Waals surface area contributed by atoms with Gasteiger partial charge in [-0.05, 0) is 19.4 Å². The van der Waals surface area contributed by atoms with Crippen molar-refractivity contribution in [3.05, 3.63) is 21.3 Å². The fourth-order valence-corrected chi connectivity index (χ4v) is 2.20. The summed E-state index contributed by atoms with van der Waals surface area (Å²) in [5, 5.41) is 5.73. The molecule has 2 nitrogen and oxygen atoms in total. The van der Waals surface area contributed by atoms with E-state index in [1.54, 1.807) is 11.4 Å². The average Bonchev–Trinajstić information content (AvgIpc) is 2.64. The Labute approximate surface area is 99.6 Å². The van der Waals surface area contributed by atoms with E-state index in [0.29, 0.717) is 17.5 Å². The SMILES string of the molecule is CCC(C)NCCC(=O)c1cc(Cl)cs1. The predicted molar refractivity (Wildman–Crippen MR) is 66.0 cm³/mol. The monoisotopic (exact) mass is 245 g/mol. The van der Waals surface area contributed by atoms with Gasteiger partial charge in [0.15, 0.2) is 5.78 Å². The van der Waals surface area contributed by atoms with Gasteiger partial charge in [0.1, 0.15) is 0 Å². The Kier molecular flexibility index (Phi) is 5.29. The number of ketones is 1. The van der Waals surface area contributed by atoms with Gasteiger partial charge in [-0.25, -0.2) is 0 Å². The highest BCUT2D eigenvalue weighted by Crippen LogP contribution is 2.20. The number of rotatable bonds is 6. The second-order valence-electron chi connectivity index (χ2n) is 3.57. The molecule has 1 unspecified atom stereocenters. The molecule has 0 fully saturated rings. The Morgan fingerprint density at radius 1 is 1.67 bits per heavy atom. The molecule has 0 aliphatic rings. The zero-order valence-electron chi connectivity index (χ0n) is 9.05. The van der Waals surface area contributed by atoms with Crippen molar-refractivity contribution < 1.29 is 4.79 Å². The smallest absolute Gasteiger partial charge is 0.174 e. The zero-order valence-corrected chi connectivity index (χ0v) is 10.6. The van der Waals surface area contributed by atoms with Crippen LogP contribution in [0.5, 0.6) is 0 Å². The van der Waals surface area contributed by atoms with Crippen LogP contribution >= 0.6 is 22.9 Å². The number of carbonyl (C=O) groups excluding carboxylic acids is 1. The van der Waals surface area contributed by atoms with Crippen molar-refractivity contribution in [3.8, 4) is 0 Å². The highest BCUT2D eigenvalue weighted by atomic mass is 35.5. The van der Waals surface area contributed by atoms with Crippen LogP contribution in [-0.4, -0.2) is 18.4 Å². The summed E-state index contributed by atoms with van der Waals surface area (Å²) in [6.45, 7) is 4.98. The van der Waals surface area contributed by atoms with E-state index in [9.17, 15) is 4.79 Å². The lowest BCUT2D eigenvalue weighted by atomic mass is 10.2. The van der Waals surface area contributed by atoms with Gasteiger partial charge in [-0.2, -0.15) is 0 Å². The van der Waals surface area contributed by atoms with Gasteiger partial charge >= 0.3 is 0 Å². The second kappa shape index (κ2) is 6.26. The molecule has 1 atom stereocenters. The van der Waals surface area contributed by atoms with Crippen LogP contribution in [0.25, 0.3) is 0 Å². The van der Waals surface area contributed by atoms with Crippen molar-refractivity contribution in [2.24, 2.45) is 0 Å². The molecule has 1 N–H and O–H groups in total. The fraction of sp³-hybridized carbons (Fsp3) is 0.545. The summed E-state index contributed by atoms with van der Waals surface area (Å²) in [6, 6.07) is 2.21. The number of thiophene rings is 1. The molecule has 1 aromatic heterocycles. The molecule has 4 heteroatoms. The standard InChI is InChI=1S/C11H16ClNOS/c1-3-8(2)13-5-4-10(14)11-6-9(12)7-15-11/h6-8,13H,3-5H2,1-2H3. The van der Waals surface area contributed by atoms with Crippen LogP contribution in [0, 0.1) is 0 Å². The lowest BCUT2D eigenvalue weighted by Crippen LogP contribution is -2.27. The number of hydrogen-bond donors (Lipinski definition) is 1. The zero-order chi connectivity index (χ0) is 11.3. The van der Waals surface area contributed by atoms with Crippen LogP contribution in [0.3, 0.4) is 0 Å². The highest BCUT2D eigenvalue weighted by Gasteiger charge is 2.08. The van der Waals surface area contributed by atoms with Crippen LogP contribution < -0.4 is 5.32 Å². The van der Waals surface area contributed by atoms with E-state index in [1.807, 2.05) is 0 Å². The predicted octanol–water partition coefficient (Wildman–Crippen LogP) is 3.36. The minimum atomic E-state index is 0.169. The van der Waals surface area contributed by atoms with Gasteiger partial charge in [-0.1, -0.05) is 18.5 Å². The Bertz CT molecular complexity index is 324. The maximum atomic E-state index is 11.6. The van der Waals surface area contributed by atoms with Crippen LogP contribution in [0.15, 0.2) is 11.4 Å². The molecular formula is C11H16ClNOS. The maximum absolute atomic E-state index is 11.6. The van der Waals surface area contributed by atoms with E-state index < -0.39 is 0 Å². The molecule has 0 saturated carbocycles. The van der Waals surface area contributed by atoms with Gasteiger partial charge in [-0.15, -0.1) is 11.3 Å². The summed E-state index contributed by atoms with van der Waals surface area (Å²) in [5.41, 5.74) is 0. The van der Waals surface area contributed by atoms with E-state index in [0.717, 1.165) is 17.8 Å². The third-order valence-electron chi connectivity index (χ3n) is 2.30. The van der Waals surface area contributed by atoms with Gasteiger partial charge in [-0.3, -0.25) is 4.79 Å². The number of halogens is 1. The van der Waals surface area contributed by atoms with E-state index in [4.69, 9.17) is 11.6 Å². The summed E-state index contributed by atoms with van der Waals surface area (Å²) in [6.07, 6.45) is 1.63. The molecule has 15 heavy (non-hydrogen) atoms. The molecule has 0 amide bonds. The molecule has 0 bridgehead atoms. The Hall–Kier alpha value is -0.380. The van der Waals surface area contributed by atoms with Gasteiger partial charge in [0.2, 0.25) is 0 Å². The molecule has 1 rings (SSSR count). The maximum Gasteiger partial charge on any atom is 0.174 e. The normalized spacial score (nSPS) is 12.7. The Morgan fingerprint density at radius 2 is 2.40 bits per heavy atom. The van der Waals surface area contributed by atoms with E-state index in [1.165, 1.54) is 11.3 Å². The lowest BCUT2D eigenvalue weighted by molar-refractivity contribution is 0.0985. The molecule has 0 aliphatic heterocycles. The third kappa shape index (κ3) is 4.33. The van der Waals surface area contributed by atoms with Crippen LogP contribution in [0.2, 0.25) is 5.02 Å². The molecule has 0 aromatic carbocycles. The van der Waals surface area contributed by atoms with E-state index in [2.05, 4.69) is 19.2 Å². The number of Topliss-reactive ketones (excluding diaryl/α,β-unsaturated/α-hetero) is 1. The Morgan fingerprint density at radius 3 is 2.93 bits per heavy atom. The molecule has 0 spiro atoms. The molecule has 84 valence electrons. The largest absolute Gasteiger partial charge is 0.314 e. The summed E-state index contributed by atoms with van der Waals surface area (Å²) in [4.78, 5) is 12.4. The van der Waals surface area contributed by atoms with Crippen molar-refractivity contribution in [2.45, 2.75) is 32.7 Å². The number of hydrogen-bond acceptors (Lipinski definition) is 3. The van der Waals surface area contributed by atoms with Crippen molar-refractivity contribution in [1.29, 1.82) is 0 Å². The molecule has 1 aromatic rings. The van der Waals surface area contributed by atoms with E-state index >= 15 is 0 Å². The lowest BCUT2D eigenvalue weighted by Gasteiger charge is -2.09. The first-order valence-electron chi connectivity index (χ1n) is 5.14. The minimum absolute atomic E-state index is 0.169. The van der Waals surface area contributed by atoms with Crippen LogP contribution in [0.1, 0.15) is 36.4 Å². The molecule has 0 aliphatic carbocycles. The minimum Gasteiger partial charge on any atom is -0.314 e. The average molecular weight is 246 g/mol. The first kappa shape index (κ1) is 12.7. The first-order valence-corrected chi connectivity index (χ1v) is 6.40. The van der Waals surface area contributed by atoms with Crippen LogP contribution in [0.4, 0.5) is 0 Å². The van der Waals surface area contributed by atoms with Crippen molar-refractivity contribution in [1.82, 2.24) is 5.32 Å². The Balaban J connectivity index is 2.31. The van der Waals surface area contributed by atoms with E-state index in [-0.39, 0.29) is 5.78 Å². The molecule has 0 saturated heterocycles. The van der Waals surface area contributed by atoms with Crippen LogP contribution in [-0.2, 0) is 0 Å². The van der Waals surface area contributed by atoms with Gasteiger partial charge in [0.05, 0.1) is 9.90 Å². The van der Waals surface area contributed by atoms with Gasteiger partial charge in [0, 0.05) is 24.4 Å². The second-order valence-corrected chi connectivity index (χ2v) is 4.91. The van der Waals surface area contributed by atoms with Crippen molar-refractivity contribution in [3.63, 3.8) is 0 Å². The van der Waals surface area contributed by atoms with Crippen molar-refractivity contribution >= 4 is 28.7 Å².